The molecule has 0 unspecified atom stereocenters. The van der Waals surface area contributed by atoms with Crippen molar-refractivity contribution in [2.45, 2.75) is 154 Å². The lowest BCUT2D eigenvalue weighted by Crippen LogP contribution is -2.61. The molecule has 8 atom stereocenters. The molecule has 3 heterocycles. The molecular formula is C51H75N13O13. The van der Waals surface area contributed by atoms with Crippen LogP contribution in [0.25, 0.3) is 10.9 Å². The SMILES string of the molecule is CC(C)C[C@H](NC(=O)[C@H](CCC(=O)O)NC(=O)[C@@H]1CCCN1C(=O)[C@@H](NC(=O)[C@H](Cc1c[nH]c2ccccc12)NC(=O)[C@H](Cc1cnc[nH]1)NC(=O)[C@H](CCC(N)=O)NC(=O)[C@H](CC(C)C)NC(=O)CN)C(C)C)C(=O)O. The first-order valence-corrected chi connectivity index (χ1v) is 25.8. The first-order chi connectivity index (χ1) is 36.4. The fraction of sp³-hybridized carbons (Fsp3) is 0.569. The van der Waals surface area contributed by atoms with E-state index in [0.29, 0.717) is 28.6 Å². The lowest BCUT2D eigenvalue weighted by Gasteiger charge is -2.32. The first-order valence-electron chi connectivity index (χ1n) is 25.8. The first kappa shape index (κ1) is 61.6. The van der Waals surface area contributed by atoms with E-state index in [0.717, 1.165) is 0 Å². The maximum absolute atomic E-state index is 14.8. The van der Waals surface area contributed by atoms with Crippen molar-refractivity contribution in [2.24, 2.45) is 29.2 Å². The molecular weight excluding hydrogens is 1000 g/mol. The van der Waals surface area contributed by atoms with Gasteiger partial charge in [0.25, 0.3) is 0 Å². The van der Waals surface area contributed by atoms with Crippen LogP contribution in [0, 0.1) is 17.8 Å². The zero-order chi connectivity index (χ0) is 57.1. The highest BCUT2D eigenvalue weighted by atomic mass is 16.4. The van der Waals surface area contributed by atoms with E-state index in [-0.39, 0.29) is 69.7 Å². The molecule has 26 nitrogen and oxygen atoms in total. The zero-order valence-corrected chi connectivity index (χ0v) is 44.3. The maximum Gasteiger partial charge on any atom is 0.326 e. The van der Waals surface area contributed by atoms with Crippen LogP contribution in [0.2, 0.25) is 0 Å². The number of nitrogens with one attached hydrogen (secondary N) is 9. The second-order valence-electron chi connectivity index (χ2n) is 20.4. The number of benzene rings is 1. The van der Waals surface area contributed by atoms with Crippen molar-refractivity contribution in [1.82, 2.24) is 57.1 Å². The van der Waals surface area contributed by atoms with Gasteiger partial charge < -0.3 is 73.8 Å². The fourth-order valence-electron chi connectivity index (χ4n) is 8.90. The molecule has 0 saturated carbocycles. The van der Waals surface area contributed by atoms with Gasteiger partial charge in [0.2, 0.25) is 53.2 Å². The predicted octanol–water partition coefficient (Wildman–Crippen LogP) is -1.02. The van der Waals surface area contributed by atoms with Gasteiger partial charge in [0.05, 0.1) is 12.9 Å². The number of likely N-dealkylation sites (tertiary alicyclic amines) is 1. The third kappa shape index (κ3) is 19.0. The van der Waals surface area contributed by atoms with Crippen LogP contribution >= 0.6 is 0 Å². The fourth-order valence-corrected chi connectivity index (χ4v) is 8.90. The Balaban J connectivity index is 1.64. The second kappa shape index (κ2) is 29.4. The van der Waals surface area contributed by atoms with Gasteiger partial charge in [-0.2, -0.15) is 0 Å². The van der Waals surface area contributed by atoms with Crippen LogP contribution < -0.4 is 48.7 Å². The third-order valence-corrected chi connectivity index (χ3v) is 12.9. The number of carbonyl (C=O) groups is 11. The van der Waals surface area contributed by atoms with Crippen molar-refractivity contribution in [1.29, 1.82) is 0 Å². The standard InChI is InChI=1S/C51H75N13O13/c1-26(2)18-35(57-41(66)22-52)46(71)58-33(13-15-40(53)65)44(69)61-37(21-30-24-54-25-56-30)47(72)60-36(20-29-23-55-32-11-8-7-10-31(29)32)48(73)63-43(28(5)6)50(75)64-17-9-12-39(64)49(74)59-34(14-16-42(67)68)45(70)62-38(51(76)77)19-27(3)4/h7-8,10-11,23-28,33-39,43,55H,9,12-22,52H2,1-6H3,(H2,53,65)(H,54,56)(H,57,66)(H,58,71)(H,59,74)(H,60,72)(H,61,69)(H,62,70)(H,63,73)(H,67,68)(H,76,77)/t33-,34-,35-,36-,37-,38-,39-,43-/m0/s1. The smallest absolute Gasteiger partial charge is 0.326 e. The number of nitrogens with two attached hydrogens (primary N) is 2. The lowest BCUT2D eigenvalue weighted by molar-refractivity contribution is -0.144. The minimum absolute atomic E-state index is 0.0585. The van der Waals surface area contributed by atoms with Crippen LogP contribution in [-0.2, 0) is 65.6 Å². The molecule has 0 bridgehead atoms. The number of primary amides is 1. The van der Waals surface area contributed by atoms with E-state index in [1.807, 2.05) is 19.9 Å². The molecule has 422 valence electrons. The molecule has 0 spiro atoms. The van der Waals surface area contributed by atoms with Gasteiger partial charge in [-0.3, -0.25) is 47.9 Å². The van der Waals surface area contributed by atoms with Crippen LogP contribution in [0.1, 0.15) is 104 Å². The molecule has 4 rings (SSSR count). The number of H-pyrrole nitrogens is 2. The molecule has 1 aliphatic rings. The number of aromatic amines is 2. The summed E-state index contributed by atoms with van der Waals surface area (Å²) in [5.74, 6) is -10.6. The van der Waals surface area contributed by atoms with Crippen LogP contribution in [0.4, 0.5) is 0 Å². The van der Waals surface area contributed by atoms with Crippen LogP contribution in [-0.4, -0.2) is 157 Å². The number of imidazole rings is 1. The average molecular weight is 1080 g/mol. The Morgan fingerprint density at radius 2 is 1.25 bits per heavy atom. The highest BCUT2D eigenvalue weighted by Crippen LogP contribution is 2.23. The number of para-hydroxylation sites is 1. The Labute approximate surface area is 445 Å². The minimum Gasteiger partial charge on any atom is -0.481 e. The monoisotopic (exact) mass is 1080 g/mol. The Morgan fingerprint density at radius 1 is 0.688 bits per heavy atom. The van der Waals surface area contributed by atoms with Gasteiger partial charge in [0, 0.05) is 61.2 Å². The van der Waals surface area contributed by atoms with Crippen molar-refractivity contribution in [3.05, 3.63) is 54.2 Å². The Hall–Kier alpha value is -7.90. The van der Waals surface area contributed by atoms with Gasteiger partial charge in [-0.15, -0.1) is 0 Å². The molecule has 77 heavy (non-hydrogen) atoms. The summed E-state index contributed by atoms with van der Waals surface area (Å²) in [5.41, 5.74) is 12.6. The van der Waals surface area contributed by atoms with Crippen molar-refractivity contribution in [3.8, 4) is 0 Å². The van der Waals surface area contributed by atoms with Crippen molar-refractivity contribution >= 4 is 76.0 Å². The number of fused-ring (bicyclic) bond motifs is 1. The number of carboxylic acids is 2. The van der Waals surface area contributed by atoms with Crippen LogP contribution in [0.3, 0.4) is 0 Å². The summed E-state index contributed by atoms with van der Waals surface area (Å²) < 4.78 is 0. The van der Waals surface area contributed by atoms with Gasteiger partial charge in [-0.05, 0) is 67.9 Å². The average Bonchev–Trinajstić information content (AvgIpc) is 4.16. The quantitative estimate of drug-likeness (QED) is 0.0367. The molecule has 15 N–H and O–H groups in total. The largest absolute Gasteiger partial charge is 0.481 e. The summed E-state index contributed by atoms with van der Waals surface area (Å²) >= 11 is 0. The van der Waals surface area contributed by atoms with Gasteiger partial charge in [0.15, 0.2) is 0 Å². The summed E-state index contributed by atoms with van der Waals surface area (Å²) in [6.45, 7) is 10.1. The minimum atomic E-state index is -1.48. The van der Waals surface area contributed by atoms with E-state index < -0.39 is 132 Å². The molecule has 1 aliphatic heterocycles. The summed E-state index contributed by atoms with van der Waals surface area (Å²) in [6, 6.07) is -3.58. The maximum atomic E-state index is 14.8. The van der Waals surface area contributed by atoms with Crippen LogP contribution in [0.15, 0.2) is 43.0 Å². The number of carboxylic acid groups (broad SMARTS) is 2. The summed E-state index contributed by atoms with van der Waals surface area (Å²) in [5, 5.41) is 38.1. The molecule has 0 aliphatic carbocycles. The molecule has 0 radical (unpaired) electrons. The van der Waals surface area contributed by atoms with Gasteiger partial charge in [-0.1, -0.05) is 59.7 Å². The summed E-state index contributed by atoms with van der Waals surface area (Å²) in [7, 11) is 0. The predicted molar refractivity (Wildman–Crippen MR) is 278 cm³/mol. The van der Waals surface area contributed by atoms with Gasteiger partial charge >= 0.3 is 11.9 Å². The van der Waals surface area contributed by atoms with Crippen molar-refractivity contribution < 1.29 is 63.0 Å². The van der Waals surface area contributed by atoms with Crippen LogP contribution in [0.5, 0.6) is 0 Å². The van der Waals surface area contributed by atoms with E-state index in [9.17, 15) is 63.0 Å². The third-order valence-electron chi connectivity index (χ3n) is 12.9. The number of hydrogen-bond donors (Lipinski definition) is 13. The van der Waals surface area contributed by atoms with E-state index in [2.05, 4.69) is 52.2 Å². The zero-order valence-electron chi connectivity index (χ0n) is 44.3. The number of rotatable bonds is 31. The normalized spacial score (nSPS) is 16.1. The molecule has 26 heteroatoms. The highest BCUT2D eigenvalue weighted by molar-refractivity contribution is 5.99. The number of carbonyl (C=O) groups excluding carboxylic acids is 9. The molecule has 3 aromatic rings. The van der Waals surface area contributed by atoms with Gasteiger partial charge in [-0.25, -0.2) is 9.78 Å². The van der Waals surface area contributed by atoms with Crippen molar-refractivity contribution in [3.63, 3.8) is 0 Å². The Morgan fingerprint density at radius 3 is 1.83 bits per heavy atom. The highest BCUT2D eigenvalue weighted by Gasteiger charge is 2.41. The molecule has 2 aromatic heterocycles. The number of amides is 9. The van der Waals surface area contributed by atoms with Gasteiger partial charge in [0.1, 0.15) is 48.3 Å². The van der Waals surface area contributed by atoms with Crippen molar-refractivity contribution in [2.75, 3.05) is 13.1 Å². The second-order valence-corrected chi connectivity index (χ2v) is 20.4. The van der Waals surface area contributed by atoms with E-state index >= 15 is 0 Å². The number of nitrogens with zero attached hydrogens (tertiary/aromatic N) is 2. The van der Waals surface area contributed by atoms with E-state index in [4.69, 9.17) is 11.5 Å². The summed E-state index contributed by atoms with van der Waals surface area (Å²) in [4.78, 5) is 158. The summed E-state index contributed by atoms with van der Waals surface area (Å²) in [6.07, 6.45) is 3.14. The molecule has 1 fully saturated rings. The number of aromatic nitrogens is 3. The number of hydrogen-bond acceptors (Lipinski definition) is 13. The molecule has 1 saturated heterocycles. The topological polar surface area (TPSA) is 412 Å². The Bertz CT molecular complexity index is 2570. The lowest BCUT2D eigenvalue weighted by atomic mass is 9.99. The van der Waals surface area contributed by atoms with E-state index in [1.54, 1.807) is 52.1 Å². The Kier molecular flexibility index (Phi) is 23.5. The van der Waals surface area contributed by atoms with E-state index in [1.165, 1.54) is 17.4 Å². The molecule has 1 aromatic carbocycles. The molecule has 9 amide bonds. The number of aliphatic carboxylic acids is 2.